The Kier molecular flexibility index (Phi) is 5.23. The summed E-state index contributed by atoms with van der Waals surface area (Å²) in [6.45, 7) is 0.905. The molecule has 3 heterocycles. The Morgan fingerprint density at radius 3 is 2.64 bits per heavy atom. The normalized spacial score (nSPS) is 16.3. The Hall–Kier alpha value is -2.58. The zero-order valence-corrected chi connectivity index (χ0v) is 16.1. The summed E-state index contributed by atoms with van der Waals surface area (Å²) < 4.78 is 40.1. The maximum absolute atomic E-state index is 13.4. The zero-order valence-electron chi connectivity index (χ0n) is 15.3. The quantitative estimate of drug-likeness (QED) is 0.714. The highest BCUT2D eigenvalue weighted by molar-refractivity contribution is 7.89. The maximum Gasteiger partial charge on any atom is 0.246 e. The average Bonchev–Trinajstić information content (AvgIpc) is 3.24. The van der Waals surface area contributed by atoms with E-state index in [0.717, 1.165) is 17.0 Å². The number of hydrogen-bond acceptors (Lipinski definition) is 4. The van der Waals surface area contributed by atoms with Crippen LogP contribution in [0.15, 0.2) is 59.8 Å². The van der Waals surface area contributed by atoms with Crippen LogP contribution in [0, 0.1) is 5.82 Å². The molecule has 146 valence electrons. The first kappa shape index (κ1) is 18.8. The monoisotopic (exact) mass is 400 g/mol. The van der Waals surface area contributed by atoms with Crippen molar-refractivity contribution in [2.24, 2.45) is 0 Å². The zero-order chi connectivity index (χ0) is 19.6. The number of aromatic nitrogens is 3. The van der Waals surface area contributed by atoms with Gasteiger partial charge >= 0.3 is 0 Å². The molecular formula is C20H21FN4O2S. The topological polar surface area (TPSA) is 79.0 Å². The standard InChI is InChI=1S/C20H21FN4O2S/c21-17-4-1-3-15(11-17)12-18-5-2-6-20(24-18)16-7-9-25(10-8-16)28(26,27)19-13-22-23-14-19/h1-6,11,13-14,16H,7-10,12H2,(H,22,23). The van der Waals surface area contributed by atoms with E-state index in [1.807, 2.05) is 24.3 Å². The van der Waals surface area contributed by atoms with Crippen LogP contribution in [0.4, 0.5) is 4.39 Å². The van der Waals surface area contributed by atoms with Gasteiger partial charge in [0.15, 0.2) is 0 Å². The molecule has 2 aromatic heterocycles. The van der Waals surface area contributed by atoms with Gasteiger partial charge in [0.2, 0.25) is 10.0 Å². The van der Waals surface area contributed by atoms with Gasteiger partial charge in [0, 0.05) is 43.0 Å². The Bertz CT molecular complexity index is 1050. The molecule has 0 saturated carbocycles. The Balaban J connectivity index is 1.44. The van der Waals surface area contributed by atoms with Crippen LogP contribution in [0.3, 0.4) is 0 Å². The van der Waals surface area contributed by atoms with Crippen molar-refractivity contribution >= 4 is 10.0 Å². The number of rotatable bonds is 5. The maximum atomic E-state index is 13.4. The predicted molar refractivity (Wildman–Crippen MR) is 103 cm³/mol. The molecular weight excluding hydrogens is 379 g/mol. The molecule has 0 amide bonds. The molecule has 1 aromatic carbocycles. The van der Waals surface area contributed by atoms with Crippen molar-refractivity contribution in [3.05, 3.63) is 77.6 Å². The lowest BCUT2D eigenvalue weighted by molar-refractivity contribution is 0.316. The molecule has 4 rings (SSSR count). The van der Waals surface area contributed by atoms with Crippen LogP contribution in [-0.4, -0.2) is 41.0 Å². The summed E-state index contributed by atoms with van der Waals surface area (Å²) in [6, 6.07) is 12.4. The minimum absolute atomic E-state index is 0.196. The van der Waals surface area contributed by atoms with E-state index in [9.17, 15) is 12.8 Å². The molecule has 0 radical (unpaired) electrons. The Morgan fingerprint density at radius 2 is 1.93 bits per heavy atom. The lowest BCUT2D eigenvalue weighted by Gasteiger charge is -2.30. The first-order chi connectivity index (χ1) is 13.5. The second-order valence-electron chi connectivity index (χ2n) is 6.97. The van der Waals surface area contributed by atoms with Gasteiger partial charge in [-0.25, -0.2) is 12.8 Å². The van der Waals surface area contributed by atoms with Gasteiger partial charge in [0.1, 0.15) is 10.7 Å². The fraction of sp³-hybridized carbons (Fsp3) is 0.300. The molecule has 1 saturated heterocycles. The summed E-state index contributed by atoms with van der Waals surface area (Å²) in [6.07, 6.45) is 4.73. The SMILES string of the molecule is O=S(=O)(c1cn[nH]c1)N1CCC(c2cccc(Cc3cccc(F)c3)n2)CC1. The highest BCUT2D eigenvalue weighted by Gasteiger charge is 2.31. The van der Waals surface area contributed by atoms with E-state index in [4.69, 9.17) is 4.98 Å². The molecule has 0 atom stereocenters. The van der Waals surface area contributed by atoms with Crippen molar-refractivity contribution in [1.29, 1.82) is 0 Å². The number of benzene rings is 1. The van der Waals surface area contributed by atoms with Gasteiger partial charge in [-0.05, 0) is 42.7 Å². The van der Waals surface area contributed by atoms with E-state index >= 15 is 0 Å². The van der Waals surface area contributed by atoms with Gasteiger partial charge in [0.05, 0.1) is 6.20 Å². The Morgan fingerprint density at radius 1 is 1.14 bits per heavy atom. The number of halogens is 1. The van der Waals surface area contributed by atoms with Crippen LogP contribution in [0.1, 0.15) is 35.7 Å². The number of H-pyrrole nitrogens is 1. The minimum Gasteiger partial charge on any atom is -0.284 e. The highest BCUT2D eigenvalue weighted by atomic mass is 32.2. The first-order valence-electron chi connectivity index (χ1n) is 9.21. The van der Waals surface area contributed by atoms with E-state index in [1.165, 1.54) is 28.8 Å². The third-order valence-electron chi connectivity index (χ3n) is 5.09. The molecule has 1 N–H and O–H groups in total. The summed E-state index contributed by atoms with van der Waals surface area (Å²) in [5, 5.41) is 6.28. The molecule has 1 fully saturated rings. The lowest BCUT2D eigenvalue weighted by Crippen LogP contribution is -2.37. The van der Waals surface area contributed by atoms with Crippen LogP contribution >= 0.6 is 0 Å². The smallest absolute Gasteiger partial charge is 0.246 e. The molecule has 0 unspecified atom stereocenters. The third-order valence-corrected chi connectivity index (χ3v) is 6.95. The molecule has 1 aliphatic rings. The van der Waals surface area contributed by atoms with E-state index in [1.54, 1.807) is 6.07 Å². The number of sulfonamides is 1. The third kappa shape index (κ3) is 3.98. The van der Waals surface area contributed by atoms with Gasteiger partial charge < -0.3 is 0 Å². The van der Waals surface area contributed by atoms with Gasteiger partial charge in [-0.2, -0.15) is 9.40 Å². The highest BCUT2D eigenvalue weighted by Crippen LogP contribution is 2.29. The summed E-state index contributed by atoms with van der Waals surface area (Å²) in [5.74, 6) is -0.0388. The fourth-order valence-electron chi connectivity index (χ4n) is 3.60. The Labute approximate surface area is 163 Å². The largest absolute Gasteiger partial charge is 0.284 e. The molecule has 1 aliphatic heterocycles. The van der Waals surface area contributed by atoms with Gasteiger partial charge in [0.25, 0.3) is 0 Å². The molecule has 0 spiro atoms. The van der Waals surface area contributed by atoms with Crippen molar-refractivity contribution in [2.75, 3.05) is 13.1 Å². The van der Waals surface area contributed by atoms with E-state index < -0.39 is 10.0 Å². The van der Waals surface area contributed by atoms with Crippen molar-refractivity contribution in [1.82, 2.24) is 19.5 Å². The molecule has 6 nitrogen and oxygen atoms in total. The number of nitrogens with zero attached hydrogens (tertiary/aromatic N) is 3. The summed E-state index contributed by atoms with van der Waals surface area (Å²) in [4.78, 5) is 4.95. The van der Waals surface area contributed by atoms with Gasteiger partial charge in [-0.15, -0.1) is 0 Å². The van der Waals surface area contributed by atoms with Crippen LogP contribution in [-0.2, 0) is 16.4 Å². The molecule has 28 heavy (non-hydrogen) atoms. The summed E-state index contributed by atoms with van der Waals surface area (Å²) in [7, 11) is -3.49. The van der Waals surface area contributed by atoms with Gasteiger partial charge in [-0.3, -0.25) is 10.1 Å². The van der Waals surface area contributed by atoms with E-state index in [-0.39, 0.29) is 16.6 Å². The minimum atomic E-state index is -3.49. The molecule has 3 aromatic rings. The molecule has 0 aliphatic carbocycles. The second kappa shape index (κ2) is 7.81. The molecule has 8 heteroatoms. The van der Waals surface area contributed by atoms with Gasteiger partial charge in [-0.1, -0.05) is 18.2 Å². The predicted octanol–water partition coefficient (Wildman–Crippen LogP) is 3.10. The van der Waals surface area contributed by atoms with Crippen molar-refractivity contribution in [3.63, 3.8) is 0 Å². The number of hydrogen-bond donors (Lipinski definition) is 1. The second-order valence-corrected chi connectivity index (χ2v) is 8.91. The van der Waals surface area contributed by atoms with E-state index in [0.29, 0.717) is 32.4 Å². The number of piperidine rings is 1. The number of aromatic amines is 1. The fourth-order valence-corrected chi connectivity index (χ4v) is 4.98. The number of nitrogens with one attached hydrogen (secondary N) is 1. The van der Waals surface area contributed by atoms with Crippen molar-refractivity contribution in [2.45, 2.75) is 30.1 Å². The van der Waals surface area contributed by atoms with Crippen molar-refractivity contribution < 1.29 is 12.8 Å². The summed E-state index contributed by atoms with van der Waals surface area (Å²) >= 11 is 0. The first-order valence-corrected chi connectivity index (χ1v) is 10.7. The van der Waals surface area contributed by atoms with Crippen molar-refractivity contribution in [3.8, 4) is 0 Å². The lowest BCUT2D eigenvalue weighted by atomic mass is 9.94. The summed E-state index contributed by atoms with van der Waals surface area (Å²) in [5.41, 5.74) is 2.73. The van der Waals surface area contributed by atoms with Crippen LogP contribution in [0.5, 0.6) is 0 Å². The average molecular weight is 400 g/mol. The van der Waals surface area contributed by atoms with Crippen LogP contribution < -0.4 is 0 Å². The molecule has 0 bridgehead atoms. The number of pyridine rings is 1. The van der Waals surface area contributed by atoms with E-state index in [2.05, 4.69) is 10.2 Å². The van der Waals surface area contributed by atoms with Crippen LogP contribution in [0.25, 0.3) is 0 Å². The van der Waals surface area contributed by atoms with Crippen LogP contribution in [0.2, 0.25) is 0 Å².